The van der Waals surface area contributed by atoms with Crippen LogP contribution in [0, 0.1) is 0 Å². The highest BCUT2D eigenvalue weighted by Gasteiger charge is 2.05. The zero-order valence-corrected chi connectivity index (χ0v) is 11.2. The van der Waals surface area contributed by atoms with Gasteiger partial charge in [-0.3, -0.25) is 0 Å². The Morgan fingerprint density at radius 1 is 1.47 bits per heavy atom. The standard InChI is InChI=1S/C14H19N3O2/c1-11(9-17-6-5-15-10-17)16-8-12-3-4-14(19-2)13(18)7-12/h3-7,10-11,16,18H,8-9H2,1-2H3. The van der Waals surface area contributed by atoms with Crippen LogP contribution in [0.1, 0.15) is 12.5 Å². The second-order valence-electron chi connectivity index (χ2n) is 4.55. The van der Waals surface area contributed by atoms with Crippen LogP contribution in [-0.2, 0) is 13.1 Å². The number of benzene rings is 1. The van der Waals surface area contributed by atoms with E-state index in [0.717, 1.165) is 12.1 Å². The molecule has 102 valence electrons. The van der Waals surface area contributed by atoms with Gasteiger partial charge in [0.05, 0.1) is 13.4 Å². The van der Waals surface area contributed by atoms with E-state index in [2.05, 4.69) is 17.2 Å². The van der Waals surface area contributed by atoms with Crippen molar-refractivity contribution in [3.8, 4) is 11.5 Å². The molecule has 0 radical (unpaired) electrons. The summed E-state index contributed by atoms with van der Waals surface area (Å²) in [5, 5.41) is 13.1. The summed E-state index contributed by atoms with van der Waals surface area (Å²) >= 11 is 0. The molecule has 1 atom stereocenters. The Balaban J connectivity index is 1.86. The van der Waals surface area contributed by atoms with Gasteiger partial charge in [-0.1, -0.05) is 6.07 Å². The van der Waals surface area contributed by atoms with E-state index < -0.39 is 0 Å². The molecule has 2 rings (SSSR count). The van der Waals surface area contributed by atoms with Crippen molar-refractivity contribution in [1.29, 1.82) is 0 Å². The van der Waals surface area contributed by atoms with Crippen molar-refractivity contribution in [1.82, 2.24) is 14.9 Å². The molecule has 1 aromatic heterocycles. The van der Waals surface area contributed by atoms with Crippen molar-refractivity contribution < 1.29 is 9.84 Å². The molecule has 0 amide bonds. The first-order valence-corrected chi connectivity index (χ1v) is 6.24. The van der Waals surface area contributed by atoms with Gasteiger partial charge in [-0.2, -0.15) is 0 Å². The average Bonchev–Trinajstić information content (AvgIpc) is 2.89. The number of aromatic hydroxyl groups is 1. The van der Waals surface area contributed by atoms with Gasteiger partial charge in [0.25, 0.3) is 0 Å². The molecule has 1 heterocycles. The highest BCUT2D eigenvalue weighted by molar-refractivity contribution is 5.41. The monoisotopic (exact) mass is 261 g/mol. The molecule has 5 heteroatoms. The fourth-order valence-electron chi connectivity index (χ4n) is 1.91. The maximum atomic E-state index is 9.70. The van der Waals surface area contributed by atoms with Gasteiger partial charge in [-0.25, -0.2) is 4.98 Å². The van der Waals surface area contributed by atoms with E-state index in [9.17, 15) is 5.11 Å². The molecule has 0 aliphatic carbocycles. The Morgan fingerprint density at radius 3 is 2.95 bits per heavy atom. The normalized spacial score (nSPS) is 12.3. The van der Waals surface area contributed by atoms with Crippen LogP contribution >= 0.6 is 0 Å². The number of phenols is 1. The van der Waals surface area contributed by atoms with Crippen LogP contribution in [0.2, 0.25) is 0 Å². The Hall–Kier alpha value is -2.01. The Labute approximate surface area is 112 Å². The van der Waals surface area contributed by atoms with E-state index >= 15 is 0 Å². The van der Waals surface area contributed by atoms with Gasteiger partial charge in [0.15, 0.2) is 11.5 Å². The van der Waals surface area contributed by atoms with Gasteiger partial charge in [0, 0.05) is 31.5 Å². The number of rotatable bonds is 6. The van der Waals surface area contributed by atoms with Gasteiger partial charge < -0.3 is 19.7 Å². The molecule has 0 fully saturated rings. The van der Waals surface area contributed by atoms with Gasteiger partial charge in [-0.15, -0.1) is 0 Å². The minimum absolute atomic E-state index is 0.170. The van der Waals surface area contributed by atoms with Gasteiger partial charge in [0.2, 0.25) is 0 Å². The third-order valence-electron chi connectivity index (χ3n) is 2.94. The molecule has 0 aliphatic rings. The van der Waals surface area contributed by atoms with Crippen LogP contribution in [0.15, 0.2) is 36.9 Å². The summed E-state index contributed by atoms with van der Waals surface area (Å²) in [4.78, 5) is 4.01. The summed E-state index contributed by atoms with van der Waals surface area (Å²) in [6, 6.07) is 5.75. The summed E-state index contributed by atoms with van der Waals surface area (Å²) < 4.78 is 7.05. The third kappa shape index (κ3) is 3.72. The molecule has 0 saturated heterocycles. The lowest BCUT2D eigenvalue weighted by Crippen LogP contribution is -2.29. The van der Waals surface area contributed by atoms with Gasteiger partial charge >= 0.3 is 0 Å². The van der Waals surface area contributed by atoms with Crippen molar-refractivity contribution in [2.24, 2.45) is 0 Å². The number of nitrogens with zero attached hydrogens (tertiary/aromatic N) is 2. The highest BCUT2D eigenvalue weighted by atomic mass is 16.5. The number of hydrogen-bond donors (Lipinski definition) is 2. The quantitative estimate of drug-likeness (QED) is 0.832. The molecule has 1 unspecified atom stereocenters. The minimum Gasteiger partial charge on any atom is -0.504 e. The summed E-state index contributed by atoms with van der Waals surface area (Å²) in [5.41, 5.74) is 1.02. The minimum atomic E-state index is 0.170. The van der Waals surface area contributed by atoms with Crippen molar-refractivity contribution >= 4 is 0 Å². The van der Waals surface area contributed by atoms with Crippen LogP contribution in [0.5, 0.6) is 11.5 Å². The van der Waals surface area contributed by atoms with E-state index in [1.165, 1.54) is 0 Å². The third-order valence-corrected chi connectivity index (χ3v) is 2.94. The molecule has 5 nitrogen and oxygen atoms in total. The predicted molar refractivity (Wildman–Crippen MR) is 73.2 cm³/mol. The first-order chi connectivity index (χ1) is 9.19. The molecule has 0 aliphatic heterocycles. The Bertz CT molecular complexity index is 511. The second-order valence-corrected chi connectivity index (χ2v) is 4.55. The van der Waals surface area contributed by atoms with Crippen molar-refractivity contribution in [3.63, 3.8) is 0 Å². The molecule has 2 N–H and O–H groups in total. The molecule has 0 saturated carbocycles. The number of aromatic nitrogens is 2. The topological polar surface area (TPSA) is 59.3 Å². The summed E-state index contributed by atoms with van der Waals surface area (Å²) in [5.74, 6) is 0.666. The lowest BCUT2D eigenvalue weighted by Gasteiger charge is -2.14. The van der Waals surface area contributed by atoms with Crippen molar-refractivity contribution in [2.45, 2.75) is 26.1 Å². The summed E-state index contributed by atoms with van der Waals surface area (Å²) in [6.07, 6.45) is 5.52. The number of hydrogen-bond acceptors (Lipinski definition) is 4. The molecule has 1 aromatic carbocycles. The molecular weight excluding hydrogens is 242 g/mol. The van der Waals surface area contributed by atoms with Crippen LogP contribution in [0.25, 0.3) is 0 Å². The number of methoxy groups -OCH3 is 1. The first-order valence-electron chi connectivity index (χ1n) is 6.24. The van der Waals surface area contributed by atoms with E-state index in [4.69, 9.17) is 4.74 Å². The summed E-state index contributed by atoms with van der Waals surface area (Å²) in [6.45, 7) is 3.68. The van der Waals surface area contributed by atoms with Crippen molar-refractivity contribution in [3.05, 3.63) is 42.5 Å². The zero-order valence-electron chi connectivity index (χ0n) is 11.2. The first kappa shape index (κ1) is 13.4. The molecule has 0 bridgehead atoms. The number of imidazole rings is 1. The van der Waals surface area contributed by atoms with Gasteiger partial charge in [-0.05, 0) is 24.6 Å². The average molecular weight is 261 g/mol. The zero-order chi connectivity index (χ0) is 13.7. The number of phenolic OH excluding ortho intramolecular Hbond substituents is 1. The lowest BCUT2D eigenvalue weighted by molar-refractivity contribution is 0.372. The smallest absolute Gasteiger partial charge is 0.160 e. The maximum absolute atomic E-state index is 9.70. The van der Waals surface area contributed by atoms with Crippen LogP contribution in [0.4, 0.5) is 0 Å². The van der Waals surface area contributed by atoms with Crippen LogP contribution < -0.4 is 10.1 Å². The summed E-state index contributed by atoms with van der Waals surface area (Å²) in [7, 11) is 1.54. The maximum Gasteiger partial charge on any atom is 0.160 e. The van der Waals surface area contributed by atoms with E-state index in [1.54, 1.807) is 31.8 Å². The van der Waals surface area contributed by atoms with Gasteiger partial charge in [0.1, 0.15) is 0 Å². The van der Waals surface area contributed by atoms with Crippen LogP contribution in [0.3, 0.4) is 0 Å². The SMILES string of the molecule is COc1ccc(CNC(C)Cn2ccnc2)cc1O. The molecule has 0 spiro atoms. The largest absolute Gasteiger partial charge is 0.504 e. The molecule has 2 aromatic rings. The highest BCUT2D eigenvalue weighted by Crippen LogP contribution is 2.26. The second kappa shape index (κ2) is 6.24. The Kier molecular flexibility index (Phi) is 4.41. The van der Waals surface area contributed by atoms with E-state index in [0.29, 0.717) is 18.3 Å². The number of nitrogens with one attached hydrogen (secondary N) is 1. The molecule has 19 heavy (non-hydrogen) atoms. The van der Waals surface area contributed by atoms with E-state index in [-0.39, 0.29) is 5.75 Å². The Morgan fingerprint density at radius 2 is 2.32 bits per heavy atom. The fraction of sp³-hybridized carbons (Fsp3) is 0.357. The number of ether oxygens (including phenoxy) is 1. The van der Waals surface area contributed by atoms with E-state index in [1.807, 2.05) is 16.8 Å². The lowest BCUT2D eigenvalue weighted by atomic mass is 10.2. The molecular formula is C14H19N3O2. The van der Waals surface area contributed by atoms with Crippen molar-refractivity contribution in [2.75, 3.05) is 7.11 Å². The van der Waals surface area contributed by atoms with Crippen LogP contribution in [-0.4, -0.2) is 27.8 Å². The predicted octanol–water partition coefficient (Wildman–Crippen LogP) is 1.78. The fourth-order valence-corrected chi connectivity index (χ4v) is 1.91.